The fourth-order valence-electron chi connectivity index (χ4n) is 2.90. The molecule has 1 aromatic carbocycles. The van der Waals surface area contributed by atoms with Crippen LogP contribution in [0.4, 0.5) is 0 Å². The average molecular weight is 247 g/mol. The lowest BCUT2D eigenvalue weighted by Gasteiger charge is -2.35. The van der Waals surface area contributed by atoms with E-state index in [2.05, 4.69) is 38.2 Å². The Balaban J connectivity index is 1.85. The molecule has 1 aliphatic rings. The molecule has 2 heteroatoms. The maximum Gasteiger partial charge on any atom is 0.0725 e. The third kappa shape index (κ3) is 3.12. The van der Waals surface area contributed by atoms with Crippen LogP contribution in [0.5, 0.6) is 0 Å². The molecule has 1 N–H and O–H groups in total. The van der Waals surface area contributed by atoms with Gasteiger partial charge in [-0.25, -0.2) is 0 Å². The van der Waals surface area contributed by atoms with Gasteiger partial charge in [-0.15, -0.1) is 0 Å². The standard InChI is InChI=1S/C16H25NO/c1-11-5-12(2)16(13(3)6-11)10-18-15-7-14(8-15)9-17-4/h5-6,14-15,17H,7-10H2,1-4H3. The predicted molar refractivity (Wildman–Crippen MR) is 75.9 cm³/mol. The van der Waals surface area contributed by atoms with E-state index in [9.17, 15) is 0 Å². The van der Waals surface area contributed by atoms with Crippen LogP contribution in [0.2, 0.25) is 0 Å². The quantitative estimate of drug-likeness (QED) is 0.863. The summed E-state index contributed by atoms with van der Waals surface area (Å²) in [5.74, 6) is 0.820. The molecular weight excluding hydrogens is 222 g/mol. The van der Waals surface area contributed by atoms with Gasteiger partial charge >= 0.3 is 0 Å². The Morgan fingerprint density at radius 3 is 2.33 bits per heavy atom. The van der Waals surface area contributed by atoms with Crippen molar-refractivity contribution in [2.45, 2.75) is 46.3 Å². The topological polar surface area (TPSA) is 21.3 Å². The Morgan fingerprint density at radius 1 is 1.17 bits per heavy atom. The highest BCUT2D eigenvalue weighted by Gasteiger charge is 2.29. The minimum Gasteiger partial charge on any atom is -0.374 e. The van der Waals surface area contributed by atoms with Gasteiger partial charge in [0.15, 0.2) is 0 Å². The smallest absolute Gasteiger partial charge is 0.0725 e. The first-order valence-electron chi connectivity index (χ1n) is 6.93. The predicted octanol–water partition coefficient (Wildman–Crippen LogP) is 3.13. The summed E-state index contributed by atoms with van der Waals surface area (Å²) in [7, 11) is 2.02. The van der Waals surface area contributed by atoms with Crippen molar-refractivity contribution < 1.29 is 4.74 Å². The summed E-state index contributed by atoms with van der Waals surface area (Å²) < 4.78 is 6.01. The normalized spacial score (nSPS) is 22.9. The van der Waals surface area contributed by atoms with E-state index in [1.165, 1.54) is 35.1 Å². The monoisotopic (exact) mass is 247 g/mol. The molecule has 0 unspecified atom stereocenters. The van der Waals surface area contributed by atoms with Gasteiger partial charge in [0.25, 0.3) is 0 Å². The SMILES string of the molecule is CNCC1CC(OCc2c(C)cc(C)cc2C)C1. The van der Waals surface area contributed by atoms with E-state index in [1.807, 2.05) is 7.05 Å². The van der Waals surface area contributed by atoms with Crippen molar-refractivity contribution in [1.82, 2.24) is 5.32 Å². The van der Waals surface area contributed by atoms with Gasteiger partial charge in [-0.2, -0.15) is 0 Å². The molecule has 2 rings (SSSR count). The summed E-state index contributed by atoms with van der Waals surface area (Å²) >= 11 is 0. The molecular formula is C16H25NO. The van der Waals surface area contributed by atoms with Gasteiger partial charge in [-0.1, -0.05) is 17.7 Å². The van der Waals surface area contributed by atoms with E-state index < -0.39 is 0 Å². The Kier molecular flexibility index (Phi) is 4.41. The van der Waals surface area contributed by atoms with Gasteiger partial charge in [-0.05, 0) is 69.8 Å². The fraction of sp³-hybridized carbons (Fsp3) is 0.625. The molecule has 0 amide bonds. The second-order valence-corrected chi connectivity index (χ2v) is 5.71. The molecule has 0 saturated heterocycles. The maximum atomic E-state index is 6.01. The zero-order chi connectivity index (χ0) is 13.1. The molecule has 0 atom stereocenters. The molecule has 0 radical (unpaired) electrons. The minimum atomic E-state index is 0.475. The van der Waals surface area contributed by atoms with Crippen molar-refractivity contribution in [3.05, 3.63) is 34.4 Å². The molecule has 2 nitrogen and oxygen atoms in total. The highest BCUT2D eigenvalue weighted by molar-refractivity contribution is 5.36. The van der Waals surface area contributed by atoms with E-state index in [4.69, 9.17) is 4.74 Å². The fourth-order valence-corrected chi connectivity index (χ4v) is 2.90. The van der Waals surface area contributed by atoms with Crippen molar-refractivity contribution in [1.29, 1.82) is 0 Å². The molecule has 0 aromatic heterocycles. The number of ether oxygens (including phenoxy) is 1. The van der Waals surface area contributed by atoms with E-state index in [1.54, 1.807) is 0 Å². The van der Waals surface area contributed by atoms with Gasteiger partial charge in [0.1, 0.15) is 0 Å². The Hall–Kier alpha value is -0.860. The number of hydrogen-bond acceptors (Lipinski definition) is 2. The summed E-state index contributed by atoms with van der Waals surface area (Å²) in [5, 5.41) is 3.23. The van der Waals surface area contributed by atoms with Crippen LogP contribution in [0.25, 0.3) is 0 Å². The van der Waals surface area contributed by atoms with Crippen LogP contribution < -0.4 is 5.32 Å². The molecule has 1 aliphatic carbocycles. The molecule has 0 bridgehead atoms. The number of benzene rings is 1. The first-order valence-corrected chi connectivity index (χ1v) is 6.93. The molecule has 1 aromatic rings. The molecule has 100 valence electrons. The number of hydrogen-bond donors (Lipinski definition) is 1. The van der Waals surface area contributed by atoms with Crippen LogP contribution in [-0.4, -0.2) is 19.7 Å². The highest BCUT2D eigenvalue weighted by Crippen LogP contribution is 2.30. The molecule has 1 fully saturated rings. The van der Waals surface area contributed by atoms with E-state index in [0.29, 0.717) is 6.10 Å². The number of rotatable bonds is 5. The summed E-state index contributed by atoms with van der Waals surface area (Å²) in [6, 6.07) is 4.49. The second kappa shape index (κ2) is 5.85. The lowest BCUT2D eigenvalue weighted by molar-refractivity contribution is -0.0394. The largest absolute Gasteiger partial charge is 0.374 e. The van der Waals surface area contributed by atoms with Gasteiger partial charge in [0.2, 0.25) is 0 Å². The summed E-state index contributed by atoms with van der Waals surface area (Å²) in [6.07, 6.45) is 2.90. The van der Waals surface area contributed by atoms with Crippen LogP contribution in [0, 0.1) is 26.7 Å². The van der Waals surface area contributed by atoms with Crippen LogP contribution in [0.15, 0.2) is 12.1 Å². The van der Waals surface area contributed by atoms with Crippen LogP contribution in [0.3, 0.4) is 0 Å². The number of aryl methyl sites for hydroxylation is 3. The highest BCUT2D eigenvalue weighted by atomic mass is 16.5. The van der Waals surface area contributed by atoms with Gasteiger partial charge in [0, 0.05) is 0 Å². The van der Waals surface area contributed by atoms with E-state index in [0.717, 1.165) is 19.1 Å². The van der Waals surface area contributed by atoms with E-state index >= 15 is 0 Å². The second-order valence-electron chi connectivity index (χ2n) is 5.71. The zero-order valence-corrected chi connectivity index (χ0v) is 12.0. The Labute approximate surface area is 111 Å². The first-order chi connectivity index (χ1) is 8.60. The van der Waals surface area contributed by atoms with Crippen molar-refractivity contribution in [2.75, 3.05) is 13.6 Å². The lowest BCUT2D eigenvalue weighted by Crippen LogP contribution is -2.36. The first kappa shape index (κ1) is 13.6. The van der Waals surface area contributed by atoms with Crippen molar-refractivity contribution in [2.24, 2.45) is 5.92 Å². The van der Waals surface area contributed by atoms with Crippen molar-refractivity contribution in [3.8, 4) is 0 Å². The van der Waals surface area contributed by atoms with Crippen molar-refractivity contribution >= 4 is 0 Å². The summed E-state index contributed by atoms with van der Waals surface area (Å²) in [5.41, 5.74) is 5.43. The van der Waals surface area contributed by atoms with Gasteiger partial charge in [-0.3, -0.25) is 0 Å². The Bertz CT molecular complexity index is 385. The molecule has 0 heterocycles. The van der Waals surface area contributed by atoms with Crippen molar-refractivity contribution in [3.63, 3.8) is 0 Å². The molecule has 0 spiro atoms. The molecule has 18 heavy (non-hydrogen) atoms. The van der Waals surface area contributed by atoms with E-state index in [-0.39, 0.29) is 0 Å². The molecule has 1 saturated carbocycles. The summed E-state index contributed by atoms with van der Waals surface area (Å²) in [4.78, 5) is 0. The average Bonchev–Trinajstić information content (AvgIpc) is 2.23. The minimum absolute atomic E-state index is 0.475. The summed E-state index contributed by atoms with van der Waals surface area (Å²) in [6.45, 7) is 8.42. The third-order valence-corrected chi connectivity index (χ3v) is 3.99. The third-order valence-electron chi connectivity index (χ3n) is 3.99. The maximum absolute atomic E-state index is 6.01. The van der Waals surface area contributed by atoms with Gasteiger partial charge in [0.05, 0.1) is 12.7 Å². The number of nitrogens with one attached hydrogen (secondary N) is 1. The Morgan fingerprint density at radius 2 is 1.78 bits per heavy atom. The van der Waals surface area contributed by atoms with Crippen LogP contribution >= 0.6 is 0 Å². The lowest BCUT2D eigenvalue weighted by atomic mass is 9.82. The molecule has 0 aliphatic heterocycles. The van der Waals surface area contributed by atoms with Crippen LogP contribution in [-0.2, 0) is 11.3 Å². The zero-order valence-electron chi connectivity index (χ0n) is 12.0. The van der Waals surface area contributed by atoms with Gasteiger partial charge < -0.3 is 10.1 Å². The van der Waals surface area contributed by atoms with Crippen LogP contribution in [0.1, 0.15) is 35.1 Å².